The first-order valence-electron chi connectivity index (χ1n) is 5.36. The number of unbranched alkanes of at least 4 members (excludes halogenated alkanes) is 1. The number of hydrogen-bond donors (Lipinski definition) is 1. The minimum absolute atomic E-state index is 0.102. The molecular weight excluding hydrogens is 242 g/mol. The van der Waals surface area contributed by atoms with Gasteiger partial charge in [-0.05, 0) is 18.6 Å². The second-order valence-corrected chi connectivity index (χ2v) is 5.33. The topological polar surface area (TPSA) is 79.4 Å². The molecule has 0 saturated carbocycles. The summed E-state index contributed by atoms with van der Waals surface area (Å²) in [5.41, 5.74) is 0.290. The molecule has 1 aliphatic rings. The van der Waals surface area contributed by atoms with Crippen LogP contribution in [-0.4, -0.2) is 30.2 Å². The first-order valence-corrected chi connectivity index (χ1v) is 6.80. The van der Waals surface area contributed by atoms with Crippen LogP contribution < -0.4 is 4.72 Å². The number of carbonyl (C=O) groups excluding carboxylic acids is 1. The summed E-state index contributed by atoms with van der Waals surface area (Å²) in [4.78, 5) is 15.8. The van der Waals surface area contributed by atoms with Crippen LogP contribution in [0.25, 0.3) is 0 Å². The number of pyridine rings is 1. The van der Waals surface area contributed by atoms with Crippen LogP contribution in [0.5, 0.6) is 0 Å². The van der Waals surface area contributed by atoms with Crippen LogP contribution in [0.4, 0.5) is 5.82 Å². The Morgan fingerprint density at radius 1 is 1.47 bits per heavy atom. The van der Waals surface area contributed by atoms with E-state index in [0.29, 0.717) is 12.0 Å². The van der Waals surface area contributed by atoms with E-state index < -0.39 is 16.1 Å². The van der Waals surface area contributed by atoms with Crippen LogP contribution in [0.2, 0.25) is 0 Å². The molecule has 0 radical (unpaired) electrons. The number of fused-ring (bicyclic) bond motifs is 1. The molecule has 0 saturated heterocycles. The van der Waals surface area contributed by atoms with Crippen LogP contribution >= 0.6 is 0 Å². The Labute approximate surface area is 99.8 Å². The van der Waals surface area contributed by atoms with Gasteiger partial charge in [-0.3, -0.25) is 4.79 Å². The van der Waals surface area contributed by atoms with E-state index in [0.717, 1.165) is 10.7 Å². The zero-order chi connectivity index (χ0) is 12.5. The highest BCUT2D eigenvalue weighted by Gasteiger charge is 2.35. The van der Waals surface area contributed by atoms with Crippen LogP contribution in [0.1, 0.15) is 30.1 Å². The highest BCUT2D eigenvalue weighted by molar-refractivity contribution is 7.91. The first kappa shape index (κ1) is 11.8. The highest BCUT2D eigenvalue weighted by atomic mass is 32.2. The van der Waals surface area contributed by atoms with Crippen molar-refractivity contribution >= 4 is 21.9 Å². The Hall–Kier alpha value is -1.63. The Morgan fingerprint density at radius 2 is 2.24 bits per heavy atom. The maximum Gasteiger partial charge on any atom is 0.327 e. The summed E-state index contributed by atoms with van der Waals surface area (Å²) >= 11 is 0. The molecule has 0 aliphatic carbocycles. The molecule has 1 N–H and O–H groups in total. The van der Waals surface area contributed by atoms with Crippen molar-refractivity contribution in [3.63, 3.8) is 0 Å². The van der Waals surface area contributed by atoms with Crippen molar-refractivity contribution in [1.82, 2.24) is 9.29 Å². The van der Waals surface area contributed by atoms with E-state index in [2.05, 4.69) is 9.71 Å². The third kappa shape index (κ3) is 2.10. The third-order valence-corrected chi connectivity index (χ3v) is 3.88. The molecule has 1 aliphatic heterocycles. The van der Waals surface area contributed by atoms with E-state index in [9.17, 15) is 13.2 Å². The Bertz CT molecular complexity index is 541. The van der Waals surface area contributed by atoms with Gasteiger partial charge >= 0.3 is 10.2 Å². The van der Waals surface area contributed by atoms with Crippen molar-refractivity contribution in [2.75, 3.05) is 11.3 Å². The number of hydrogen-bond acceptors (Lipinski definition) is 4. The van der Waals surface area contributed by atoms with Crippen molar-refractivity contribution in [2.45, 2.75) is 19.8 Å². The smallest absolute Gasteiger partial charge is 0.268 e. The molecular formula is C10H13N3O3S. The maximum atomic E-state index is 12.0. The summed E-state index contributed by atoms with van der Waals surface area (Å²) in [6.07, 6.45) is 2.90. The van der Waals surface area contributed by atoms with Crippen LogP contribution in [0, 0.1) is 0 Å². The lowest BCUT2D eigenvalue weighted by Crippen LogP contribution is -2.45. The summed E-state index contributed by atoms with van der Waals surface area (Å²) in [7, 11) is -3.79. The lowest BCUT2D eigenvalue weighted by atomic mass is 10.2. The molecule has 2 heterocycles. The molecule has 7 heteroatoms. The van der Waals surface area contributed by atoms with Crippen molar-refractivity contribution in [3.8, 4) is 0 Å². The Morgan fingerprint density at radius 3 is 2.94 bits per heavy atom. The van der Waals surface area contributed by atoms with E-state index in [4.69, 9.17) is 0 Å². The van der Waals surface area contributed by atoms with Gasteiger partial charge in [0.2, 0.25) is 0 Å². The zero-order valence-electron chi connectivity index (χ0n) is 9.38. The molecule has 1 aromatic heterocycles. The molecule has 0 bridgehead atoms. The fourth-order valence-corrected chi connectivity index (χ4v) is 2.81. The molecule has 2 rings (SSSR count). The van der Waals surface area contributed by atoms with E-state index in [-0.39, 0.29) is 12.4 Å². The number of carbonyl (C=O) groups is 1. The number of nitrogens with one attached hydrogen (secondary N) is 1. The summed E-state index contributed by atoms with van der Waals surface area (Å²) in [5, 5.41) is 0. The number of rotatable bonds is 3. The van der Waals surface area contributed by atoms with Crippen LogP contribution in [0.3, 0.4) is 0 Å². The lowest BCUT2D eigenvalue weighted by Gasteiger charge is -2.27. The van der Waals surface area contributed by atoms with Gasteiger partial charge in [0.05, 0.1) is 5.56 Å². The molecule has 0 spiro atoms. The first-order chi connectivity index (χ1) is 8.06. The van der Waals surface area contributed by atoms with Crippen LogP contribution in [0.15, 0.2) is 18.3 Å². The normalized spacial score (nSPS) is 17.5. The molecule has 1 amide bonds. The van der Waals surface area contributed by atoms with Crippen molar-refractivity contribution < 1.29 is 13.2 Å². The van der Waals surface area contributed by atoms with Gasteiger partial charge in [0.25, 0.3) is 5.91 Å². The lowest BCUT2D eigenvalue weighted by molar-refractivity contribution is 0.0858. The molecule has 17 heavy (non-hydrogen) atoms. The van der Waals surface area contributed by atoms with Crippen molar-refractivity contribution in [3.05, 3.63) is 23.9 Å². The maximum absolute atomic E-state index is 12.0. The predicted molar refractivity (Wildman–Crippen MR) is 62.7 cm³/mol. The SMILES string of the molecule is CCCCN1C(=O)c2cccnc2NS1(=O)=O. The highest BCUT2D eigenvalue weighted by Crippen LogP contribution is 2.23. The van der Waals surface area contributed by atoms with Crippen molar-refractivity contribution in [2.24, 2.45) is 0 Å². The van der Waals surface area contributed by atoms with Gasteiger partial charge in [0.1, 0.15) is 0 Å². The summed E-state index contributed by atoms with van der Waals surface area (Å²) in [5.74, 6) is -0.412. The number of amides is 1. The quantitative estimate of drug-likeness (QED) is 0.873. The van der Waals surface area contributed by atoms with Gasteiger partial charge in [0.15, 0.2) is 5.82 Å². The second kappa shape index (κ2) is 4.33. The predicted octanol–water partition coefficient (Wildman–Crippen LogP) is 0.994. The third-order valence-electron chi connectivity index (χ3n) is 2.50. The van der Waals surface area contributed by atoms with Gasteiger partial charge in [-0.2, -0.15) is 8.42 Å². The fourth-order valence-electron chi connectivity index (χ4n) is 1.60. The van der Waals surface area contributed by atoms with E-state index in [1.807, 2.05) is 6.92 Å². The average Bonchev–Trinajstić information content (AvgIpc) is 2.28. The van der Waals surface area contributed by atoms with E-state index in [1.54, 1.807) is 12.1 Å². The van der Waals surface area contributed by atoms with E-state index in [1.165, 1.54) is 6.20 Å². The molecule has 0 unspecified atom stereocenters. The zero-order valence-corrected chi connectivity index (χ0v) is 10.2. The van der Waals surface area contributed by atoms with Gasteiger partial charge < -0.3 is 0 Å². The molecule has 0 fully saturated rings. The van der Waals surface area contributed by atoms with E-state index >= 15 is 0 Å². The molecule has 0 atom stereocenters. The molecule has 6 nitrogen and oxygen atoms in total. The minimum Gasteiger partial charge on any atom is -0.268 e. The summed E-state index contributed by atoms with van der Waals surface area (Å²) in [6, 6.07) is 3.17. The monoisotopic (exact) mass is 255 g/mol. The molecule has 1 aromatic rings. The average molecular weight is 255 g/mol. The van der Waals surface area contributed by atoms with Crippen LogP contribution in [-0.2, 0) is 10.2 Å². The Balaban J connectivity index is 2.40. The largest absolute Gasteiger partial charge is 0.327 e. The summed E-state index contributed by atoms with van der Waals surface area (Å²) in [6.45, 7) is 2.13. The standard InChI is InChI=1S/C10H13N3O3S/c1-2-3-7-13-10(14)8-5-4-6-11-9(8)12-17(13,15)16/h4-6H,2-3,7H2,1H3,(H,11,12). The number of aromatic nitrogens is 1. The second-order valence-electron chi connectivity index (χ2n) is 3.74. The van der Waals surface area contributed by atoms with Gasteiger partial charge in [-0.15, -0.1) is 0 Å². The van der Waals surface area contributed by atoms with Gasteiger partial charge in [-0.1, -0.05) is 13.3 Å². The summed E-state index contributed by atoms with van der Waals surface area (Å²) < 4.78 is 26.8. The van der Waals surface area contributed by atoms with Crippen molar-refractivity contribution in [1.29, 1.82) is 0 Å². The van der Waals surface area contributed by atoms with Gasteiger partial charge in [0, 0.05) is 12.7 Å². The minimum atomic E-state index is -3.79. The number of nitrogens with zero attached hydrogens (tertiary/aromatic N) is 2. The Kier molecular flexibility index (Phi) is 3.01. The van der Waals surface area contributed by atoms with Gasteiger partial charge in [-0.25, -0.2) is 14.0 Å². The fraction of sp³-hybridized carbons (Fsp3) is 0.400. The molecule has 92 valence electrons. The number of anilines is 1. The molecule has 0 aromatic carbocycles.